The fourth-order valence-electron chi connectivity index (χ4n) is 8.32. The minimum absolute atomic E-state index is 0. The second-order valence-corrected chi connectivity index (χ2v) is 18.4. The first-order valence-electron chi connectivity index (χ1n) is 26.7. The van der Waals surface area contributed by atoms with Gasteiger partial charge in [-0.25, -0.2) is 34.0 Å². The molecule has 0 fully saturated rings. The zero-order valence-electron chi connectivity index (χ0n) is 45.2. The Bertz CT molecular complexity index is 4340. The van der Waals surface area contributed by atoms with Gasteiger partial charge < -0.3 is 0 Å². The first kappa shape index (κ1) is 54.3. The van der Waals surface area contributed by atoms with E-state index >= 15 is 0 Å². The van der Waals surface area contributed by atoms with Crippen LogP contribution >= 0.6 is 0 Å². The number of carbonyl (C=O) groups is 1. The smallest absolute Gasteiger partial charge is 0.170 e. The zero-order chi connectivity index (χ0) is 56.1. The highest BCUT2D eigenvalue weighted by Gasteiger charge is 2.06. The van der Waals surface area contributed by atoms with Crippen molar-refractivity contribution >= 4 is 62.6 Å². The topological polar surface area (TPSA) is 174 Å². The Labute approximate surface area is 475 Å². The Balaban J connectivity index is 0.000000129. The fraction of sp³-hybridized carbons (Fsp3) is 0.0746. The third kappa shape index (κ3) is 14.9. The predicted octanol–water partition coefficient (Wildman–Crippen LogP) is 13.6. The van der Waals surface area contributed by atoms with Gasteiger partial charge in [-0.15, -0.1) is 0 Å². The number of aromatic nitrogens is 14. The van der Waals surface area contributed by atoms with Crippen molar-refractivity contribution in [3.63, 3.8) is 0 Å². The maximum absolute atomic E-state index is 10.3. The molecule has 0 unspecified atom stereocenters. The molecular formula is C67H58N14O. The van der Waals surface area contributed by atoms with Crippen LogP contribution in [-0.4, -0.2) is 75.5 Å². The first-order chi connectivity index (χ1) is 40.4. The molecule has 0 aliphatic rings. The van der Waals surface area contributed by atoms with Gasteiger partial charge in [0.1, 0.15) is 5.69 Å². The van der Waals surface area contributed by atoms with E-state index in [1.54, 1.807) is 12.4 Å². The van der Waals surface area contributed by atoms with Crippen LogP contribution in [0.15, 0.2) is 250 Å². The number of hydrogen-bond acceptors (Lipinski definition) is 12. The Morgan fingerprint density at radius 3 is 1.24 bits per heavy atom. The van der Waals surface area contributed by atoms with Crippen LogP contribution in [0.1, 0.15) is 53.0 Å². The summed E-state index contributed by atoms with van der Waals surface area (Å²) in [6.07, 6.45) is 20.1. The van der Waals surface area contributed by atoms with Crippen LogP contribution in [0.25, 0.3) is 73.3 Å². The third-order valence-electron chi connectivity index (χ3n) is 12.5. The maximum atomic E-state index is 10.3. The molecule has 0 saturated carbocycles. The van der Waals surface area contributed by atoms with E-state index in [0.29, 0.717) is 12.0 Å². The molecule has 0 spiro atoms. The van der Waals surface area contributed by atoms with Gasteiger partial charge in [0.15, 0.2) is 6.29 Å². The average molecular weight is 1080 g/mol. The number of aryl methyl sites for hydroxylation is 4. The molecule has 7 heterocycles. The minimum Gasteiger partial charge on any atom is -0.296 e. The molecule has 402 valence electrons. The van der Waals surface area contributed by atoms with Crippen LogP contribution in [0.3, 0.4) is 0 Å². The predicted molar refractivity (Wildman–Crippen MR) is 327 cm³/mol. The van der Waals surface area contributed by atoms with Gasteiger partial charge >= 0.3 is 0 Å². The highest BCUT2D eigenvalue weighted by molar-refractivity contribution is 5.80. The summed E-state index contributed by atoms with van der Waals surface area (Å²) in [5, 5.41) is 13.6. The lowest BCUT2D eigenvalue weighted by Crippen LogP contribution is -1.99. The van der Waals surface area contributed by atoms with Crippen molar-refractivity contribution in [3.05, 3.63) is 289 Å². The Kier molecular flexibility index (Phi) is 18.2. The maximum Gasteiger partial charge on any atom is 0.170 e. The van der Waals surface area contributed by atoms with Crippen LogP contribution in [0.2, 0.25) is 0 Å². The number of fused-ring (bicyclic) bond motifs is 4. The normalized spacial score (nSPS) is 10.7. The number of para-hydroxylation sites is 11. The SMILES string of the molecule is C(=C\c1ccn(-c2ccccc2)n1)/c1cnc2ccccc2n1.CCc1ccn(-c2ccccc2)n1.Cc1cnc2ccccc2n1.O=Cc1cnc2ccccc2n1.[HH].c1ccc(-n2ccc(CCc3cnc4ccccc4n3)n2)cc1. The van der Waals surface area contributed by atoms with Crippen molar-refractivity contribution < 1.29 is 6.22 Å². The molecule has 15 nitrogen and oxygen atoms in total. The molecule has 82 heavy (non-hydrogen) atoms. The van der Waals surface area contributed by atoms with Gasteiger partial charge in [0.05, 0.1) is 108 Å². The molecule has 0 aliphatic heterocycles. The van der Waals surface area contributed by atoms with Crippen molar-refractivity contribution in [2.75, 3.05) is 0 Å². The van der Waals surface area contributed by atoms with E-state index in [1.165, 1.54) is 6.20 Å². The molecule has 15 heteroatoms. The molecule has 0 bridgehead atoms. The molecule has 7 aromatic heterocycles. The lowest BCUT2D eigenvalue weighted by Gasteiger charge is -2.02. The molecule has 0 N–H and O–H groups in total. The molecule has 14 rings (SSSR count). The number of benzene rings is 7. The van der Waals surface area contributed by atoms with Gasteiger partial charge in [-0.2, -0.15) is 15.3 Å². The van der Waals surface area contributed by atoms with Crippen molar-refractivity contribution in [1.29, 1.82) is 0 Å². The van der Waals surface area contributed by atoms with Crippen molar-refractivity contribution in [2.24, 2.45) is 0 Å². The molecule has 0 saturated heterocycles. The van der Waals surface area contributed by atoms with Crippen molar-refractivity contribution in [1.82, 2.24) is 69.2 Å². The highest BCUT2D eigenvalue weighted by atomic mass is 16.1. The molecule has 0 radical (unpaired) electrons. The molecule has 0 amide bonds. The van der Waals surface area contributed by atoms with Gasteiger partial charge in [-0.05, 0) is 141 Å². The average Bonchev–Trinajstić information content (AvgIpc) is 4.41. The van der Waals surface area contributed by atoms with Crippen LogP contribution in [-0.2, 0) is 19.3 Å². The number of carbonyl (C=O) groups excluding carboxylic acids is 1. The van der Waals surface area contributed by atoms with E-state index in [-0.39, 0.29) is 1.43 Å². The van der Waals surface area contributed by atoms with Gasteiger partial charge in [-0.1, -0.05) is 110 Å². The van der Waals surface area contributed by atoms with Crippen LogP contribution < -0.4 is 0 Å². The second kappa shape index (κ2) is 27.5. The first-order valence-corrected chi connectivity index (χ1v) is 26.7. The number of nitrogens with zero attached hydrogens (tertiary/aromatic N) is 14. The van der Waals surface area contributed by atoms with Gasteiger partial charge in [0, 0.05) is 32.4 Å². The standard InChI is InChI=1S/C19H16N4.C19H14N4.C11H12N2.C9H6N2O.C9H8N2.H2/c2*1-2-6-17(7-3-1)23-13-12-15(22-23)10-11-16-14-20-18-8-4-5-9-19(18)21-16;1-2-10-8-9-13(12-10)11-6-4-3-5-7-11;12-6-7-5-10-8-3-1-2-4-9(8)11-7;1-7-6-10-8-4-2-3-5-9(8)11-7;/h1-9,12-14H,10-11H2;1-14H;3-9H,2H2,1H3;1-6H;2-6H,1H3;1H/b;11-10+;;;;. The molecule has 0 aliphatic carbocycles. The summed E-state index contributed by atoms with van der Waals surface area (Å²) in [6, 6.07) is 67.5. The summed E-state index contributed by atoms with van der Waals surface area (Å²) in [5.41, 5.74) is 16.6. The van der Waals surface area contributed by atoms with Crippen molar-refractivity contribution in [3.8, 4) is 17.1 Å². The second-order valence-electron chi connectivity index (χ2n) is 18.4. The summed E-state index contributed by atoms with van der Waals surface area (Å²) in [7, 11) is 0. The molecule has 14 aromatic rings. The lowest BCUT2D eigenvalue weighted by atomic mass is 10.2. The quantitative estimate of drug-likeness (QED) is 0.119. The Morgan fingerprint density at radius 2 is 0.732 bits per heavy atom. The zero-order valence-corrected chi connectivity index (χ0v) is 45.2. The molecule has 7 aromatic carbocycles. The van der Waals surface area contributed by atoms with Crippen LogP contribution in [0.4, 0.5) is 0 Å². The third-order valence-corrected chi connectivity index (χ3v) is 12.5. The highest BCUT2D eigenvalue weighted by Crippen LogP contribution is 2.15. The molecule has 0 atom stereocenters. The fourth-order valence-corrected chi connectivity index (χ4v) is 8.32. The summed E-state index contributed by atoms with van der Waals surface area (Å²) < 4.78 is 5.66. The monoisotopic (exact) mass is 1070 g/mol. The van der Waals surface area contributed by atoms with E-state index in [1.807, 2.05) is 258 Å². The molecular weight excluding hydrogens is 1020 g/mol. The summed E-state index contributed by atoms with van der Waals surface area (Å²) in [5.74, 6) is 0. The largest absolute Gasteiger partial charge is 0.296 e. The lowest BCUT2D eigenvalue weighted by molar-refractivity contribution is 0.111. The minimum atomic E-state index is 0. The van der Waals surface area contributed by atoms with E-state index in [4.69, 9.17) is 0 Å². The van der Waals surface area contributed by atoms with Gasteiger partial charge in [0.2, 0.25) is 0 Å². The van der Waals surface area contributed by atoms with E-state index in [9.17, 15) is 4.79 Å². The number of aldehydes is 1. The van der Waals surface area contributed by atoms with E-state index in [2.05, 4.69) is 68.2 Å². The summed E-state index contributed by atoms with van der Waals surface area (Å²) in [6.45, 7) is 4.05. The van der Waals surface area contributed by atoms with Gasteiger partial charge in [0.25, 0.3) is 0 Å². The van der Waals surface area contributed by atoms with Crippen LogP contribution in [0, 0.1) is 6.92 Å². The van der Waals surface area contributed by atoms with Gasteiger partial charge in [-0.3, -0.25) is 24.7 Å². The summed E-state index contributed by atoms with van der Waals surface area (Å²) >= 11 is 0. The van der Waals surface area contributed by atoms with E-state index < -0.39 is 0 Å². The Morgan fingerprint density at radius 1 is 0.354 bits per heavy atom. The van der Waals surface area contributed by atoms with E-state index in [0.717, 1.165) is 115 Å². The number of rotatable bonds is 10. The van der Waals surface area contributed by atoms with Crippen molar-refractivity contribution in [2.45, 2.75) is 33.1 Å². The van der Waals surface area contributed by atoms with Crippen LogP contribution in [0.5, 0.6) is 0 Å². The number of hydrogen-bond donors (Lipinski definition) is 0. The Hall–Kier alpha value is -11.1. The summed E-state index contributed by atoms with van der Waals surface area (Å²) in [4.78, 5) is 45.1.